The quantitative estimate of drug-likeness (QED) is 0.740. The topological polar surface area (TPSA) is 42.4 Å². The van der Waals surface area contributed by atoms with Gasteiger partial charge in [0.05, 0.1) is 5.92 Å². The van der Waals surface area contributed by atoms with Crippen molar-refractivity contribution < 1.29 is 9.53 Å². The lowest BCUT2D eigenvalue weighted by Gasteiger charge is -2.29. The Labute approximate surface area is 115 Å². The average Bonchev–Trinajstić information content (AvgIpc) is 2.37. The van der Waals surface area contributed by atoms with Crippen molar-refractivity contribution in [2.45, 2.75) is 20.8 Å². The number of rotatable bonds is 0. The first-order valence-corrected chi connectivity index (χ1v) is 6.66. The van der Waals surface area contributed by atoms with Crippen molar-refractivity contribution in [3.63, 3.8) is 0 Å². The summed E-state index contributed by atoms with van der Waals surface area (Å²) in [4.78, 5) is 18.3. The van der Waals surface area contributed by atoms with Crippen LogP contribution in [-0.2, 0) is 4.79 Å². The van der Waals surface area contributed by atoms with Crippen molar-refractivity contribution in [2.75, 3.05) is 18.6 Å². The molecular weight excluding hydrogens is 296 g/mol. The van der Waals surface area contributed by atoms with E-state index in [9.17, 15) is 4.79 Å². The molecule has 2 rings (SSSR count). The third kappa shape index (κ3) is 2.36. The molecule has 0 saturated heterocycles. The third-order valence-corrected chi connectivity index (χ3v) is 3.63. The summed E-state index contributed by atoms with van der Waals surface area (Å²) in [5, 5.41) is 0. The summed E-state index contributed by atoms with van der Waals surface area (Å²) in [5.41, 5.74) is -0.134. The first-order chi connectivity index (χ1) is 8.30. The number of pyridine rings is 1. The maximum atomic E-state index is 12.4. The van der Waals surface area contributed by atoms with Crippen LogP contribution in [-0.4, -0.2) is 24.5 Å². The third-order valence-electron chi connectivity index (χ3n) is 3.20. The maximum Gasteiger partial charge on any atom is 0.235 e. The molecule has 98 valence electrons. The van der Waals surface area contributed by atoms with E-state index in [1.807, 2.05) is 26.8 Å². The number of amides is 1. The van der Waals surface area contributed by atoms with Crippen LogP contribution >= 0.6 is 15.9 Å². The number of hydrogen-bond donors (Lipinski definition) is 0. The predicted molar refractivity (Wildman–Crippen MR) is 73.8 cm³/mol. The molecule has 0 bridgehead atoms. The lowest BCUT2D eigenvalue weighted by Crippen LogP contribution is -2.40. The number of carbonyl (C=O) groups excluding carboxylic acids is 1. The summed E-state index contributed by atoms with van der Waals surface area (Å²) in [6, 6.07) is 1.84. The van der Waals surface area contributed by atoms with E-state index in [0.29, 0.717) is 18.2 Å². The van der Waals surface area contributed by atoms with Gasteiger partial charge in [-0.3, -0.25) is 9.69 Å². The zero-order chi connectivity index (χ0) is 13.5. The van der Waals surface area contributed by atoms with Crippen molar-refractivity contribution in [2.24, 2.45) is 11.3 Å². The molecule has 0 aromatic carbocycles. The lowest BCUT2D eigenvalue weighted by molar-refractivity contribution is -0.126. The van der Waals surface area contributed by atoms with Crippen LogP contribution in [0.4, 0.5) is 5.82 Å². The van der Waals surface area contributed by atoms with E-state index >= 15 is 0 Å². The second-order valence-electron chi connectivity index (χ2n) is 5.60. The van der Waals surface area contributed by atoms with E-state index in [1.165, 1.54) is 0 Å². The summed E-state index contributed by atoms with van der Waals surface area (Å²) in [7, 11) is 1.75. The first-order valence-electron chi connectivity index (χ1n) is 5.86. The van der Waals surface area contributed by atoms with Crippen LogP contribution in [0.3, 0.4) is 0 Å². The molecule has 1 aromatic rings. The Kier molecular flexibility index (Phi) is 3.36. The molecule has 18 heavy (non-hydrogen) atoms. The molecule has 0 spiro atoms. The highest BCUT2D eigenvalue weighted by Crippen LogP contribution is 2.36. The lowest BCUT2D eigenvalue weighted by atomic mass is 9.80. The highest BCUT2D eigenvalue weighted by atomic mass is 79.9. The van der Waals surface area contributed by atoms with Gasteiger partial charge in [0.2, 0.25) is 5.91 Å². The van der Waals surface area contributed by atoms with E-state index < -0.39 is 0 Å². The molecule has 0 aliphatic carbocycles. The minimum atomic E-state index is -0.171. The average molecular weight is 313 g/mol. The van der Waals surface area contributed by atoms with E-state index in [2.05, 4.69) is 20.9 Å². The first kappa shape index (κ1) is 13.3. The molecule has 2 heterocycles. The van der Waals surface area contributed by atoms with Gasteiger partial charge in [0.1, 0.15) is 6.61 Å². The fourth-order valence-electron chi connectivity index (χ4n) is 1.97. The Morgan fingerprint density at radius 1 is 1.50 bits per heavy atom. The molecule has 1 aliphatic rings. The number of halogens is 1. The largest absolute Gasteiger partial charge is 0.489 e. The van der Waals surface area contributed by atoms with Gasteiger partial charge in [0.25, 0.3) is 0 Å². The smallest absolute Gasteiger partial charge is 0.235 e. The molecule has 0 saturated carbocycles. The number of carbonyl (C=O) groups is 1. The Hall–Kier alpha value is -1.10. The van der Waals surface area contributed by atoms with E-state index in [0.717, 1.165) is 4.47 Å². The van der Waals surface area contributed by atoms with Gasteiger partial charge in [-0.15, -0.1) is 0 Å². The predicted octanol–water partition coefficient (Wildman–Crippen LogP) is 2.86. The molecule has 1 atom stereocenters. The number of anilines is 1. The van der Waals surface area contributed by atoms with Crippen LogP contribution in [0.5, 0.6) is 5.75 Å². The number of aromatic nitrogens is 1. The Balaban J connectivity index is 2.42. The van der Waals surface area contributed by atoms with Crippen LogP contribution < -0.4 is 9.64 Å². The van der Waals surface area contributed by atoms with Gasteiger partial charge >= 0.3 is 0 Å². The van der Waals surface area contributed by atoms with Gasteiger partial charge in [0.15, 0.2) is 11.6 Å². The monoisotopic (exact) mass is 312 g/mol. The Morgan fingerprint density at radius 2 is 2.17 bits per heavy atom. The summed E-state index contributed by atoms with van der Waals surface area (Å²) in [5.74, 6) is 1.11. The summed E-state index contributed by atoms with van der Waals surface area (Å²) < 4.78 is 6.60. The standard InChI is InChI=1S/C13H17BrN2O2/c1-13(2,3)9-7-18-10-5-8(14)6-15-11(10)16(4)12(9)17/h5-6,9H,7H2,1-4H3/t9-/m0/s1. The van der Waals surface area contributed by atoms with Gasteiger partial charge in [-0.25, -0.2) is 4.98 Å². The second-order valence-corrected chi connectivity index (χ2v) is 6.52. The van der Waals surface area contributed by atoms with Gasteiger partial charge in [-0.05, 0) is 27.4 Å². The number of hydrogen-bond acceptors (Lipinski definition) is 3. The van der Waals surface area contributed by atoms with Gasteiger partial charge in [-0.1, -0.05) is 20.8 Å². The van der Waals surface area contributed by atoms with Crippen molar-refractivity contribution in [3.8, 4) is 5.75 Å². The van der Waals surface area contributed by atoms with E-state index in [-0.39, 0.29) is 17.2 Å². The highest BCUT2D eigenvalue weighted by Gasteiger charge is 2.37. The molecule has 4 nitrogen and oxygen atoms in total. The minimum Gasteiger partial charge on any atom is -0.489 e. The SMILES string of the molecule is CN1C(=O)[C@@H](C(C)(C)C)COc2cc(Br)cnc21. The fourth-order valence-corrected chi connectivity index (χ4v) is 2.28. The number of fused-ring (bicyclic) bond motifs is 1. The van der Waals surface area contributed by atoms with Gasteiger partial charge in [0, 0.05) is 17.7 Å². The molecule has 1 aliphatic heterocycles. The van der Waals surface area contributed by atoms with Crippen molar-refractivity contribution >= 4 is 27.7 Å². The number of nitrogens with zero attached hydrogens (tertiary/aromatic N) is 2. The Bertz CT molecular complexity index is 482. The molecule has 0 unspecified atom stereocenters. The van der Waals surface area contributed by atoms with Crippen LogP contribution in [0.15, 0.2) is 16.7 Å². The van der Waals surface area contributed by atoms with E-state index in [1.54, 1.807) is 18.1 Å². The van der Waals surface area contributed by atoms with Crippen LogP contribution in [0.25, 0.3) is 0 Å². The van der Waals surface area contributed by atoms with Crippen molar-refractivity contribution in [1.29, 1.82) is 0 Å². The molecule has 0 N–H and O–H groups in total. The Morgan fingerprint density at radius 3 is 2.78 bits per heavy atom. The maximum absolute atomic E-state index is 12.4. The normalized spacial score (nSPS) is 20.2. The summed E-state index contributed by atoms with van der Waals surface area (Å²) in [6.07, 6.45) is 1.67. The molecule has 0 fully saturated rings. The van der Waals surface area contributed by atoms with Gasteiger partial charge in [-0.2, -0.15) is 0 Å². The molecular formula is C13H17BrN2O2. The van der Waals surface area contributed by atoms with Crippen molar-refractivity contribution in [3.05, 3.63) is 16.7 Å². The zero-order valence-electron chi connectivity index (χ0n) is 11.0. The zero-order valence-corrected chi connectivity index (χ0v) is 12.6. The second kappa shape index (κ2) is 4.53. The molecule has 0 radical (unpaired) electrons. The summed E-state index contributed by atoms with van der Waals surface area (Å²) >= 11 is 3.36. The molecule has 1 amide bonds. The van der Waals surface area contributed by atoms with Gasteiger partial charge < -0.3 is 4.74 Å². The number of ether oxygens (including phenoxy) is 1. The van der Waals surface area contributed by atoms with Crippen LogP contribution in [0.2, 0.25) is 0 Å². The highest BCUT2D eigenvalue weighted by molar-refractivity contribution is 9.10. The molecule has 1 aromatic heterocycles. The summed E-state index contributed by atoms with van der Waals surface area (Å²) in [6.45, 7) is 6.53. The van der Waals surface area contributed by atoms with Crippen molar-refractivity contribution in [1.82, 2.24) is 4.98 Å². The van der Waals surface area contributed by atoms with Crippen LogP contribution in [0.1, 0.15) is 20.8 Å². The minimum absolute atomic E-state index is 0.0519. The van der Waals surface area contributed by atoms with Crippen LogP contribution in [0, 0.1) is 11.3 Å². The van der Waals surface area contributed by atoms with E-state index in [4.69, 9.17) is 4.74 Å². The molecule has 5 heteroatoms. The fraction of sp³-hybridized carbons (Fsp3) is 0.538.